The molecule has 0 atom stereocenters. The average Bonchev–Trinajstić information content (AvgIpc) is 3.23. The summed E-state index contributed by atoms with van der Waals surface area (Å²) in [6.45, 7) is 3.02. The zero-order valence-electron chi connectivity index (χ0n) is 14.1. The fourth-order valence-corrected chi connectivity index (χ4v) is 3.12. The number of pyridine rings is 1. The lowest BCUT2D eigenvalue weighted by Gasteiger charge is -2.18. The SMILES string of the molecule is c1ccc(-c2ccnc(NCc3cccc(N4CCCC4)c3)n2)nc1. The third kappa shape index (κ3) is 3.76. The Bertz CT molecular complexity index is 828. The van der Waals surface area contributed by atoms with Crippen molar-refractivity contribution in [3.63, 3.8) is 0 Å². The minimum atomic E-state index is 0.620. The third-order valence-electron chi connectivity index (χ3n) is 4.42. The highest BCUT2D eigenvalue weighted by atomic mass is 15.1. The molecule has 1 aliphatic heterocycles. The summed E-state index contributed by atoms with van der Waals surface area (Å²) in [6, 6.07) is 16.4. The van der Waals surface area contributed by atoms with Gasteiger partial charge in [0.05, 0.1) is 11.4 Å². The molecule has 4 rings (SSSR count). The highest BCUT2D eigenvalue weighted by Crippen LogP contribution is 2.21. The second-order valence-corrected chi connectivity index (χ2v) is 6.20. The first-order valence-electron chi connectivity index (χ1n) is 8.71. The van der Waals surface area contributed by atoms with E-state index in [-0.39, 0.29) is 0 Å². The molecule has 0 amide bonds. The quantitative estimate of drug-likeness (QED) is 0.771. The number of aromatic nitrogens is 3. The predicted molar refractivity (Wildman–Crippen MR) is 100 cm³/mol. The van der Waals surface area contributed by atoms with Gasteiger partial charge in [-0.05, 0) is 48.7 Å². The van der Waals surface area contributed by atoms with Gasteiger partial charge < -0.3 is 10.2 Å². The van der Waals surface area contributed by atoms with E-state index in [1.54, 1.807) is 12.4 Å². The largest absolute Gasteiger partial charge is 0.372 e. The van der Waals surface area contributed by atoms with Crippen molar-refractivity contribution in [3.05, 3.63) is 66.5 Å². The van der Waals surface area contributed by atoms with Crippen molar-refractivity contribution in [1.29, 1.82) is 0 Å². The van der Waals surface area contributed by atoms with Crippen LogP contribution in [0.4, 0.5) is 11.6 Å². The molecule has 0 bridgehead atoms. The summed E-state index contributed by atoms with van der Waals surface area (Å²) >= 11 is 0. The first kappa shape index (κ1) is 15.6. The minimum Gasteiger partial charge on any atom is -0.372 e. The van der Waals surface area contributed by atoms with Gasteiger partial charge in [0.15, 0.2) is 0 Å². The first-order valence-corrected chi connectivity index (χ1v) is 8.71. The van der Waals surface area contributed by atoms with Gasteiger partial charge in [0.25, 0.3) is 0 Å². The Balaban J connectivity index is 1.46. The Morgan fingerprint density at radius 2 is 1.80 bits per heavy atom. The Morgan fingerprint density at radius 1 is 0.880 bits per heavy atom. The molecule has 1 fully saturated rings. The molecular formula is C20H21N5. The fourth-order valence-electron chi connectivity index (χ4n) is 3.12. The second kappa shape index (κ2) is 7.30. The summed E-state index contributed by atoms with van der Waals surface area (Å²) in [5, 5.41) is 3.32. The van der Waals surface area contributed by atoms with Crippen LogP contribution in [0.1, 0.15) is 18.4 Å². The molecule has 1 aromatic carbocycles. The summed E-state index contributed by atoms with van der Waals surface area (Å²) < 4.78 is 0. The van der Waals surface area contributed by atoms with Crippen LogP contribution in [-0.4, -0.2) is 28.0 Å². The van der Waals surface area contributed by atoms with E-state index in [9.17, 15) is 0 Å². The number of anilines is 2. The van der Waals surface area contributed by atoms with Crippen molar-refractivity contribution in [2.45, 2.75) is 19.4 Å². The Kier molecular flexibility index (Phi) is 4.55. The Labute approximate surface area is 147 Å². The summed E-state index contributed by atoms with van der Waals surface area (Å²) in [5.74, 6) is 0.620. The molecule has 3 heterocycles. The smallest absolute Gasteiger partial charge is 0.223 e. The summed E-state index contributed by atoms with van der Waals surface area (Å²) in [4.78, 5) is 15.7. The Morgan fingerprint density at radius 3 is 2.64 bits per heavy atom. The topological polar surface area (TPSA) is 53.9 Å². The van der Waals surface area contributed by atoms with E-state index in [0.29, 0.717) is 12.5 Å². The van der Waals surface area contributed by atoms with Gasteiger partial charge in [-0.2, -0.15) is 0 Å². The number of rotatable bonds is 5. The zero-order valence-corrected chi connectivity index (χ0v) is 14.1. The lowest BCUT2D eigenvalue weighted by Crippen LogP contribution is -2.17. The van der Waals surface area contributed by atoms with Crippen LogP contribution in [0, 0.1) is 0 Å². The van der Waals surface area contributed by atoms with Crippen LogP contribution in [0.2, 0.25) is 0 Å². The molecule has 3 aromatic rings. The van der Waals surface area contributed by atoms with Gasteiger partial charge in [0.2, 0.25) is 5.95 Å². The van der Waals surface area contributed by atoms with Crippen molar-refractivity contribution in [1.82, 2.24) is 15.0 Å². The molecule has 0 spiro atoms. The van der Waals surface area contributed by atoms with Crippen molar-refractivity contribution in [2.24, 2.45) is 0 Å². The van der Waals surface area contributed by atoms with Gasteiger partial charge in [-0.25, -0.2) is 9.97 Å². The van der Waals surface area contributed by atoms with E-state index in [0.717, 1.165) is 24.5 Å². The molecule has 126 valence electrons. The van der Waals surface area contributed by atoms with Crippen LogP contribution in [0.3, 0.4) is 0 Å². The molecule has 25 heavy (non-hydrogen) atoms. The fraction of sp³-hybridized carbons (Fsp3) is 0.250. The average molecular weight is 331 g/mol. The molecule has 0 saturated carbocycles. The normalized spacial score (nSPS) is 13.8. The number of hydrogen-bond donors (Lipinski definition) is 1. The van der Waals surface area contributed by atoms with Crippen molar-refractivity contribution in [3.8, 4) is 11.4 Å². The molecular weight excluding hydrogens is 310 g/mol. The van der Waals surface area contributed by atoms with Crippen LogP contribution in [0.5, 0.6) is 0 Å². The molecule has 0 aliphatic carbocycles. The van der Waals surface area contributed by atoms with Crippen LogP contribution in [-0.2, 0) is 6.54 Å². The molecule has 1 saturated heterocycles. The maximum Gasteiger partial charge on any atom is 0.223 e. The lowest BCUT2D eigenvalue weighted by atomic mass is 10.2. The molecule has 1 N–H and O–H groups in total. The van der Waals surface area contributed by atoms with E-state index in [1.165, 1.54) is 24.1 Å². The van der Waals surface area contributed by atoms with Gasteiger partial charge in [-0.1, -0.05) is 18.2 Å². The summed E-state index contributed by atoms with van der Waals surface area (Å²) in [5.41, 5.74) is 4.21. The van der Waals surface area contributed by atoms with Crippen LogP contribution in [0.25, 0.3) is 11.4 Å². The summed E-state index contributed by atoms with van der Waals surface area (Å²) in [6.07, 6.45) is 6.11. The van der Waals surface area contributed by atoms with E-state index in [4.69, 9.17) is 0 Å². The van der Waals surface area contributed by atoms with Gasteiger partial charge in [0.1, 0.15) is 0 Å². The van der Waals surface area contributed by atoms with Gasteiger partial charge in [-0.3, -0.25) is 4.98 Å². The van der Waals surface area contributed by atoms with Gasteiger partial charge in [-0.15, -0.1) is 0 Å². The second-order valence-electron chi connectivity index (χ2n) is 6.20. The van der Waals surface area contributed by atoms with Gasteiger partial charge >= 0.3 is 0 Å². The monoisotopic (exact) mass is 331 g/mol. The van der Waals surface area contributed by atoms with Crippen LogP contribution >= 0.6 is 0 Å². The third-order valence-corrected chi connectivity index (χ3v) is 4.42. The van der Waals surface area contributed by atoms with Crippen LogP contribution in [0.15, 0.2) is 60.9 Å². The number of nitrogens with one attached hydrogen (secondary N) is 1. The van der Waals surface area contributed by atoms with Crippen molar-refractivity contribution in [2.75, 3.05) is 23.3 Å². The van der Waals surface area contributed by atoms with E-state index in [2.05, 4.69) is 49.4 Å². The standard InChI is InChI=1S/C20H21N5/c1-2-10-21-18(8-1)19-9-11-22-20(24-19)23-15-16-6-5-7-17(14-16)25-12-3-4-13-25/h1-2,5-11,14H,3-4,12-13,15H2,(H,22,23,24). The highest BCUT2D eigenvalue weighted by molar-refractivity contribution is 5.55. The predicted octanol–water partition coefficient (Wildman–Crippen LogP) is 3.75. The zero-order chi connectivity index (χ0) is 16.9. The number of nitrogens with zero attached hydrogens (tertiary/aromatic N) is 4. The number of benzene rings is 1. The summed E-state index contributed by atoms with van der Waals surface area (Å²) in [7, 11) is 0. The molecule has 2 aromatic heterocycles. The lowest BCUT2D eigenvalue weighted by molar-refractivity contribution is 0.949. The van der Waals surface area contributed by atoms with E-state index in [1.807, 2.05) is 24.3 Å². The highest BCUT2D eigenvalue weighted by Gasteiger charge is 2.12. The maximum absolute atomic E-state index is 4.56. The molecule has 5 heteroatoms. The molecule has 0 unspecified atom stereocenters. The van der Waals surface area contributed by atoms with Gasteiger partial charge in [0, 0.05) is 37.7 Å². The molecule has 5 nitrogen and oxygen atoms in total. The van der Waals surface area contributed by atoms with Crippen molar-refractivity contribution < 1.29 is 0 Å². The maximum atomic E-state index is 4.56. The van der Waals surface area contributed by atoms with E-state index >= 15 is 0 Å². The Hall–Kier alpha value is -2.95. The molecule has 0 radical (unpaired) electrons. The van der Waals surface area contributed by atoms with E-state index < -0.39 is 0 Å². The van der Waals surface area contributed by atoms with Crippen LogP contribution < -0.4 is 10.2 Å². The van der Waals surface area contributed by atoms with Crippen molar-refractivity contribution >= 4 is 11.6 Å². The molecule has 1 aliphatic rings. The number of hydrogen-bond acceptors (Lipinski definition) is 5. The minimum absolute atomic E-state index is 0.620. The first-order chi connectivity index (χ1) is 12.4.